The smallest absolute Gasteiger partial charge is 0.326 e. The van der Waals surface area contributed by atoms with Gasteiger partial charge in [-0.2, -0.15) is 9.61 Å². The molecule has 5 N–H and O–H groups in total. The number of hydrogen-bond acceptors (Lipinski definition) is 8. The van der Waals surface area contributed by atoms with Crippen LogP contribution < -0.4 is 21.3 Å². The van der Waals surface area contributed by atoms with E-state index >= 15 is 0 Å². The van der Waals surface area contributed by atoms with Crippen molar-refractivity contribution in [2.24, 2.45) is 5.92 Å². The van der Waals surface area contributed by atoms with Crippen LogP contribution in [0.4, 0.5) is 10.6 Å². The molecule has 1 atom stereocenters. The number of aliphatic hydroxyl groups is 1. The highest BCUT2D eigenvalue weighted by atomic mass is 32.1. The molecule has 1 saturated carbocycles. The highest BCUT2D eigenvalue weighted by Crippen LogP contribution is 2.32. The normalized spacial score (nSPS) is 17.7. The lowest BCUT2D eigenvalue weighted by atomic mass is 10.1. The van der Waals surface area contributed by atoms with Gasteiger partial charge in [-0.1, -0.05) is 13.8 Å². The average Bonchev–Trinajstić information content (AvgIpc) is 3.19. The summed E-state index contributed by atoms with van der Waals surface area (Å²) in [4.78, 5) is 42.3. The number of urea groups is 1. The first-order valence-electron chi connectivity index (χ1n) is 11.3. The Hall–Kier alpha value is -3.77. The van der Waals surface area contributed by atoms with Crippen molar-refractivity contribution < 1.29 is 19.5 Å². The number of aromatic nitrogens is 3. The molecular formula is C23H25N7O4S. The van der Waals surface area contributed by atoms with Crippen molar-refractivity contribution in [1.82, 2.24) is 30.5 Å². The molecule has 2 fully saturated rings. The summed E-state index contributed by atoms with van der Waals surface area (Å²) in [5, 5.41) is 24.9. The van der Waals surface area contributed by atoms with Gasteiger partial charge in [0.05, 0.1) is 34.3 Å². The first-order valence-corrected chi connectivity index (χ1v) is 12.2. The SMILES string of the molecule is CC(C)[C@H](CO)NC(=O)c1ccc(-c2cc(NC3CC3)n3ncc(/C=C4\NC(=O)NC4=O)c3n2)s1. The Kier molecular flexibility index (Phi) is 5.99. The van der Waals surface area contributed by atoms with Gasteiger partial charge in [0.1, 0.15) is 11.5 Å². The molecule has 1 aliphatic heterocycles. The second-order valence-corrected chi connectivity index (χ2v) is 10.0. The van der Waals surface area contributed by atoms with Crippen molar-refractivity contribution >= 4 is 46.7 Å². The van der Waals surface area contributed by atoms with E-state index in [1.54, 1.807) is 16.8 Å². The molecule has 0 radical (unpaired) electrons. The van der Waals surface area contributed by atoms with Gasteiger partial charge in [-0.25, -0.2) is 9.78 Å². The summed E-state index contributed by atoms with van der Waals surface area (Å²) in [6.07, 6.45) is 5.25. The summed E-state index contributed by atoms with van der Waals surface area (Å²) in [7, 11) is 0. The number of nitrogens with zero attached hydrogens (tertiary/aromatic N) is 3. The van der Waals surface area contributed by atoms with Gasteiger partial charge in [-0.15, -0.1) is 11.3 Å². The fourth-order valence-electron chi connectivity index (χ4n) is 3.65. The fraction of sp³-hybridized carbons (Fsp3) is 0.348. The Bertz CT molecular complexity index is 1360. The molecule has 3 aromatic rings. The minimum Gasteiger partial charge on any atom is -0.394 e. The van der Waals surface area contributed by atoms with E-state index < -0.39 is 11.9 Å². The predicted molar refractivity (Wildman–Crippen MR) is 131 cm³/mol. The molecular weight excluding hydrogens is 470 g/mol. The van der Waals surface area contributed by atoms with Crippen LogP contribution in [0.3, 0.4) is 0 Å². The Balaban J connectivity index is 1.51. The number of anilines is 1. The van der Waals surface area contributed by atoms with E-state index in [0.29, 0.717) is 27.8 Å². The topological polar surface area (TPSA) is 150 Å². The first-order chi connectivity index (χ1) is 16.8. The quantitative estimate of drug-likeness (QED) is 0.237. The van der Waals surface area contributed by atoms with Crippen molar-refractivity contribution in [3.05, 3.63) is 40.5 Å². The number of nitrogens with one attached hydrogen (secondary N) is 4. The van der Waals surface area contributed by atoms with E-state index in [4.69, 9.17) is 4.98 Å². The molecule has 5 rings (SSSR count). The molecule has 1 aliphatic carbocycles. The molecule has 3 aromatic heterocycles. The molecule has 1 saturated heterocycles. The molecule has 4 amide bonds. The Morgan fingerprint density at radius 2 is 2.11 bits per heavy atom. The van der Waals surface area contributed by atoms with Crippen LogP contribution in [-0.4, -0.2) is 56.2 Å². The van der Waals surface area contributed by atoms with Crippen molar-refractivity contribution in [1.29, 1.82) is 0 Å². The Morgan fingerprint density at radius 1 is 1.31 bits per heavy atom. The number of rotatable bonds is 8. The number of thiophene rings is 1. The van der Waals surface area contributed by atoms with Gasteiger partial charge in [0, 0.05) is 17.7 Å². The number of aliphatic hydroxyl groups excluding tert-OH is 1. The lowest BCUT2D eigenvalue weighted by Crippen LogP contribution is -2.40. The maximum absolute atomic E-state index is 12.7. The zero-order valence-corrected chi connectivity index (χ0v) is 20.0. The van der Waals surface area contributed by atoms with E-state index in [1.807, 2.05) is 26.0 Å². The summed E-state index contributed by atoms with van der Waals surface area (Å²) < 4.78 is 1.67. The van der Waals surface area contributed by atoms with Gasteiger partial charge in [0.25, 0.3) is 11.8 Å². The van der Waals surface area contributed by atoms with E-state index in [2.05, 4.69) is 26.4 Å². The lowest BCUT2D eigenvalue weighted by Gasteiger charge is -2.19. The third kappa shape index (κ3) is 4.75. The van der Waals surface area contributed by atoms with Crippen LogP contribution in [0.5, 0.6) is 0 Å². The summed E-state index contributed by atoms with van der Waals surface area (Å²) in [6, 6.07) is 4.91. The molecule has 0 unspecified atom stereocenters. The molecule has 0 spiro atoms. The minimum absolute atomic E-state index is 0.102. The number of carbonyl (C=O) groups excluding carboxylic acids is 3. The number of amides is 4. The summed E-state index contributed by atoms with van der Waals surface area (Å²) in [5.41, 5.74) is 1.83. The zero-order chi connectivity index (χ0) is 24.7. The van der Waals surface area contributed by atoms with E-state index in [9.17, 15) is 19.5 Å². The highest BCUT2D eigenvalue weighted by molar-refractivity contribution is 7.17. The molecule has 0 bridgehead atoms. The van der Waals surface area contributed by atoms with Crippen molar-refractivity contribution in [3.63, 3.8) is 0 Å². The lowest BCUT2D eigenvalue weighted by molar-refractivity contribution is -0.115. The monoisotopic (exact) mass is 495 g/mol. The Labute approximate surface area is 204 Å². The van der Waals surface area contributed by atoms with E-state index in [0.717, 1.165) is 23.5 Å². The second-order valence-electron chi connectivity index (χ2n) is 8.92. The van der Waals surface area contributed by atoms with Crippen LogP contribution in [0.2, 0.25) is 0 Å². The fourth-order valence-corrected chi connectivity index (χ4v) is 4.52. The van der Waals surface area contributed by atoms with E-state index in [1.165, 1.54) is 17.4 Å². The van der Waals surface area contributed by atoms with Crippen LogP contribution in [0.1, 0.15) is 41.9 Å². The van der Waals surface area contributed by atoms with Crippen LogP contribution >= 0.6 is 11.3 Å². The molecule has 2 aliphatic rings. The molecule has 12 heteroatoms. The van der Waals surface area contributed by atoms with Gasteiger partial charge in [0.15, 0.2) is 5.65 Å². The van der Waals surface area contributed by atoms with Gasteiger partial charge in [-0.05, 0) is 37.0 Å². The molecule has 0 aromatic carbocycles. The third-order valence-electron chi connectivity index (χ3n) is 5.85. The second kappa shape index (κ2) is 9.12. The number of fused-ring (bicyclic) bond motifs is 1. The predicted octanol–water partition coefficient (Wildman–Crippen LogP) is 1.96. The third-order valence-corrected chi connectivity index (χ3v) is 6.95. The van der Waals surface area contributed by atoms with Crippen molar-refractivity contribution in [2.75, 3.05) is 11.9 Å². The van der Waals surface area contributed by atoms with Crippen LogP contribution in [0.25, 0.3) is 22.3 Å². The molecule has 35 heavy (non-hydrogen) atoms. The maximum Gasteiger partial charge on any atom is 0.326 e. The maximum atomic E-state index is 12.7. The summed E-state index contributed by atoms with van der Waals surface area (Å²) in [6.45, 7) is 3.75. The standard InChI is InChI=1S/C23H25N7O4S/c1-11(2)16(10-31)27-22(33)18-6-5-17(35-18)14-8-19(25-13-3-4-13)30-20(26-14)12(9-24-30)7-15-21(32)29-23(34)28-15/h5-9,11,13,16,25,31H,3-4,10H2,1-2H3,(H,27,33)(H2,28,29,32,34)/b15-7-/t16-/m0/s1. The average molecular weight is 496 g/mol. The minimum atomic E-state index is -0.576. The van der Waals surface area contributed by atoms with Crippen LogP contribution in [-0.2, 0) is 4.79 Å². The van der Waals surface area contributed by atoms with Crippen molar-refractivity contribution in [3.8, 4) is 10.6 Å². The van der Waals surface area contributed by atoms with Crippen LogP contribution in [0, 0.1) is 5.92 Å². The number of carbonyl (C=O) groups is 3. The zero-order valence-electron chi connectivity index (χ0n) is 19.2. The summed E-state index contributed by atoms with van der Waals surface area (Å²) in [5.74, 6) is 0.0868. The van der Waals surface area contributed by atoms with Crippen LogP contribution in [0.15, 0.2) is 30.1 Å². The highest BCUT2D eigenvalue weighted by Gasteiger charge is 2.26. The van der Waals surface area contributed by atoms with Crippen molar-refractivity contribution in [2.45, 2.75) is 38.8 Å². The van der Waals surface area contributed by atoms with Gasteiger partial charge in [-0.3, -0.25) is 14.9 Å². The van der Waals surface area contributed by atoms with Gasteiger partial charge < -0.3 is 21.1 Å². The number of imide groups is 1. The Morgan fingerprint density at radius 3 is 2.77 bits per heavy atom. The number of hydrogen-bond donors (Lipinski definition) is 5. The molecule has 182 valence electrons. The first kappa shape index (κ1) is 23.0. The van der Waals surface area contributed by atoms with Gasteiger partial charge >= 0.3 is 6.03 Å². The molecule has 11 nitrogen and oxygen atoms in total. The summed E-state index contributed by atoms with van der Waals surface area (Å²) >= 11 is 1.30. The molecule has 4 heterocycles. The largest absolute Gasteiger partial charge is 0.394 e. The van der Waals surface area contributed by atoms with E-state index in [-0.39, 0.29) is 30.2 Å². The van der Waals surface area contributed by atoms with Gasteiger partial charge in [0.2, 0.25) is 0 Å².